The van der Waals surface area contributed by atoms with Crippen molar-refractivity contribution in [2.24, 2.45) is 5.73 Å². The van der Waals surface area contributed by atoms with E-state index in [1.54, 1.807) is 0 Å². The first kappa shape index (κ1) is 24.8. The summed E-state index contributed by atoms with van der Waals surface area (Å²) in [6.07, 6.45) is -12.1. The molecule has 0 saturated carbocycles. The van der Waals surface area contributed by atoms with E-state index in [1.165, 1.54) is 0 Å². The van der Waals surface area contributed by atoms with Crippen molar-refractivity contribution in [2.45, 2.75) is 80.7 Å². The van der Waals surface area contributed by atoms with Crippen LogP contribution >= 0.6 is 0 Å². The van der Waals surface area contributed by atoms with Crippen molar-refractivity contribution in [3.8, 4) is 0 Å². The molecule has 4 unspecified atom stereocenters. The third-order valence-corrected chi connectivity index (χ3v) is 5.09. The normalized spacial score (nSPS) is 43.4. The summed E-state index contributed by atoms with van der Waals surface area (Å²) in [4.78, 5) is 0. The zero-order chi connectivity index (χ0) is 21.6. The molecule has 2 aliphatic heterocycles. The predicted octanol–water partition coefficient (Wildman–Crippen LogP) is -4.24. The summed E-state index contributed by atoms with van der Waals surface area (Å²) in [5, 5.41) is 69.3. The molecule has 29 heavy (non-hydrogen) atoms. The van der Waals surface area contributed by atoms with Gasteiger partial charge in [-0.2, -0.15) is 0 Å². The van der Waals surface area contributed by atoms with Crippen molar-refractivity contribution >= 4 is 0 Å². The average molecular weight is 427 g/mol. The fraction of sp³-hybridized carbons (Fsp3) is 1.00. The second-order valence-corrected chi connectivity index (χ2v) is 7.22. The van der Waals surface area contributed by atoms with Crippen LogP contribution in [0.15, 0.2) is 0 Å². The highest BCUT2D eigenvalue weighted by Gasteiger charge is 2.50. The highest BCUT2D eigenvalue weighted by Crippen LogP contribution is 2.29. The van der Waals surface area contributed by atoms with Crippen molar-refractivity contribution in [1.82, 2.24) is 0 Å². The highest BCUT2D eigenvalue weighted by atomic mass is 16.7. The molecule has 12 heteroatoms. The molecule has 2 rings (SSSR count). The third kappa shape index (κ3) is 6.03. The molecule has 0 amide bonds. The van der Waals surface area contributed by atoms with E-state index in [2.05, 4.69) is 0 Å². The van der Waals surface area contributed by atoms with E-state index >= 15 is 0 Å². The molecule has 0 aromatic heterocycles. The fourth-order valence-electron chi connectivity index (χ4n) is 3.32. The molecule has 9 N–H and O–H groups in total. The lowest BCUT2D eigenvalue weighted by molar-refractivity contribution is -0.359. The van der Waals surface area contributed by atoms with Crippen LogP contribution in [0.2, 0.25) is 0 Å². The van der Waals surface area contributed by atoms with Gasteiger partial charge in [0, 0.05) is 6.61 Å². The van der Waals surface area contributed by atoms with Crippen LogP contribution in [-0.2, 0) is 18.9 Å². The van der Waals surface area contributed by atoms with Gasteiger partial charge in [0.1, 0.15) is 48.8 Å². The number of aliphatic hydroxyl groups excluding tert-OH is 7. The Morgan fingerprint density at radius 2 is 1.31 bits per heavy atom. The minimum atomic E-state index is -1.70. The van der Waals surface area contributed by atoms with Crippen molar-refractivity contribution in [3.05, 3.63) is 0 Å². The van der Waals surface area contributed by atoms with Crippen LogP contribution in [0.25, 0.3) is 0 Å². The molecule has 172 valence electrons. The average Bonchev–Trinajstić information content (AvgIpc) is 2.72. The largest absolute Gasteiger partial charge is 0.394 e. The van der Waals surface area contributed by atoms with Crippen molar-refractivity contribution in [1.29, 1.82) is 0 Å². The van der Waals surface area contributed by atoms with Gasteiger partial charge in [-0.1, -0.05) is 0 Å². The van der Waals surface area contributed by atoms with Gasteiger partial charge in [0.05, 0.1) is 13.2 Å². The zero-order valence-electron chi connectivity index (χ0n) is 16.1. The topological polar surface area (TPSA) is 205 Å². The summed E-state index contributed by atoms with van der Waals surface area (Å²) in [6, 6.07) is 0. The number of aliphatic hydroxyl groups is 7. The summed E-state index contributed by atoms with van der Waals surface area (Å²) in [5.41, 5.74) is 5.41. The van der Waals surface area contributed by atoms with Crippen LogP contribution in [0.4, 0.5) is 0 Å². The summed E-state index contributed by atoms with van der Waals surface area (Å²) in [6.45, 7) is -0.435. The van der Waals surface area contributed by atoms with E-state index in [4.69, 9.17) is 24.7 Å². The van der Waals surface area contributed by atoms with Crippen molar-refractivity contribution in [3.63, 3.8) is 0 Å². The molecular weight excluding hydrogens is 394 g/mol. The molecule has 2 aliphatic rings. The molecule has 2 fully saturated rings. The molecule has 0 spiro atoms. The lowest BCUT2D eigenvalue weighted by atomic mass is 9.97. The third-order valence-electron chi connectivity index (χ3n) is 5.09. The van der Waals surface area contributed by atoms with Crippen LogP contribution in [0.3, 0.4) is 0 Å². The Morgan fingerprint density at radius 1 is 0.690 bits per heavy atom. The molecule has 0 aromatic carbocycles. The molecule has 2 heterocycles. The Bertz CT molecular complexity index is 469. The highest BCUT2D eigenvalue weighted by molar-refractivity contribution is 4.94. The van der Waals surface area contributed by atoms with Gasteiger partial charge in [0.2, 0.25) is 0 Å². The van der Waals surface area contributed by atoms with Gasteiger partial charge in [-0.05, 0) is 25.8 Å². The minimum absolute atomic E-state index is 0.255. The number of hydrogen-bond acceptors (Lipinski definition) is 12. The van der Waals surface area contributed by atoms with Crippen LogP contribution in [0.1, 0.15) is 19.3 Å². The van der Waals surface area contributed by atoms with E-state index < -0.39 is 74.6 Å². The van der Waals surface area contributed by atoms with E-state index in [9.17, 15) is 35.7 Å². The number of ether oxygens (including phenoxy) is 4. The molecule has 0 aliphatic carbocycles. The number of hydrogen-bond donors (Lipinski definition) is 8. The number of rotatable bonds is 10. The maximum absolute atomic E-state index is 10.4. The predicted molar refractivity (Wildman–Crippen MR) is 95.3 cm³/mol. The molecular formula is C17H33NO11. The maximum Gasteiger partial charge on any atom is 0.187 e. The van der Waals surface area contributed by atoms with Gasteiger partial charge in [-0.3, -0.25) is 0 Å². The summed E-state index contributed by atoms with van der Waals surface area (Å²) < 4.78 is 21.6. The molecule has 0 radical (unpaired) electrons. The summed E-state index contributed by atoms with van der Waals surface area (Å²) in [5.74, 6) is 0. The first-order chi connectivity index (χ1) is 13.8. The second kappa shape index (κ2) is 11.8. The number of unbranched alkanes of at least 4 members (excludes halogenated alkanes) is 2. The van der Waals surface area contributed by atoms with Crippen LogP contribution < -0.4 is 5.73 Å². The Balaban J connectivity index is 1.98. The second-order valence-electron chi connectivity index (χ2n) is 7.22. The smallest absolute Gasteiger partial charge is 0.187 e. The van der Waals surface area contributed by atoms with Crippen LogP contribution in [0, 0.1) is 0 Å². The monoisotopic (exact) mass is 427 g/mol. The summed E-state index contributed by atoms with van der Waals surface area (Å²) in [7, 11) is 0. The standard InChI is InChI=1S/C17H33NO11/c18-4-2-1-3-5-26-16-14(25)12(23)15(9(7-20)28-16)29-17-13(24)11(22)10(21)8(6-19)27-17/h8-17,19-25H,1-7,18H2/t8?,9?,10-,11-,12+,13+,14?,15-,16+,17?/m0/s1. The first-order valence-corrected chi connectivity index (χ1v) is 9.75. The quantitative estimate of drug-likeness (QED) is 0.156. The van der Waals surface area contributed by atoms with Gasteiger partial charge >= 0.3 is 0 Å². The Kier molecular flexibility index (Phi) is 10.1. The number of nitrogens with two attached hydrogens (primary N) is 1. The maximum atomic E-state index is 10.4. The SMILES string of the molecule is NCCCCCO[C@@H]1OC(CO)[C@H](OC2OC(CO)[C@H](O)[C@H](O)[C@H]2O)[C@H](O)C1O. The summed E-state index contributed by atoms with van der Waals surface area (Å²) >= 11 is 0. The Morgan fingerprint density at radius 3 is 1.93 bits per heavy atom. The molecule has 12 nitrogen and oxygen atoms in total. The molecule has 10 atom stereocenters. The zero-order valence-corrected chi connectivity index (χ0v) is 16.1. The van der Waals surface area contributed by atoms with Gasteiger partial charge in [0.25, 0.3) is 0 Å². The first-order valence-electron chi connectivity index (χ1n) is 9.75. The van der Waals surface area contributed by atoms with E-state index in [0.29, 0.717) is 13.0 Å². The molecule has 0 aromatic rings. The Hall–Kier alpha value is -0.480. The van der Waals surface area contributed by atoms with Gasteiger partial charge in [-0.15, -0.1) is 0 Å². The molecule has 2 saturated heterocycles. The van der Waals surface area contributed by atoms with Crippen LogP contribution in [0.5, 0.6) is 0 Å². The van der Waals surface area contributed by atoms with E-state index in [0.717, 1.165) is 12.8 Å². The van der Waals surface area contributed by atoms with Crippen molar-refractivity contribution < 1.29 is 54.7 Å². The lowest BCUT2D eigenvalue weighted by Gasteiger charge is -2.45. The van der Waals surface area contributed by atoms with Crippen LogP contribution in [-0.4, -0.2) is 124 Å². The van der Waals surface area contributed by atoms with E-state index in [-0.39, 0.29) is 6.61 Å². The van der Waals surface area contributed by atoms with Gasteiger partial charge in [-0.25, -0.2) is 0 Å². The van der Waals surface area contributed by atoms with Crippen molar-refractivity contribution in [2.75, 3.05) is 26.4 Å². The molecule has 0 bridgehead atoms. The van der Waals surface area contributed by atoms with E-state index in [1.807, 2.05) is 0 Å². The Labute approximate surface area is 168 Å². The van der Waals surface area contributed by atoms with Gasteiger partial charge < -0.3 is 60.4 Å². The van der Waals surface area contributed by atoms with Gasteiger partial charge in [0.15, 0.2) is 12.6 Å². The minimum Gasteiger partial charge on any atom is -0.394 e. The lowest BCUT2D eigenvalue weighted by Crippen LogP contribution is -2.64. The fourth-order valence-corrected chi connectivity index (χ4v) is 3.32.